The minimum Gasteiger partial charge on any atom is -0.341 e. The Morgan fingerprint density at radius 1 is 1.07 bits per heavy atom. The van der Waals surface area contributed by atoms with E-state index in [0.29, 0.717) is 24.9 Å². The highest BCUT2D eigenvalue weighted by Gasteiger charge is 2.26. The van der Waals surface area contributed by atoms with Crippen LogP contribution in [0.25, 0.3) is 11.0 Å². The number of hydrogen-bond acceptors (Lipinski definition) is 5. The first-order valence-electron chi connectivity index (χ1n) is 10.2. The summed E-state index contributed by atoms with van der Waals surface area (Å²) >= 11 is 0. The lowest BCUT2D eigenvalue weighted by molar-refractivity contribution is -0.133. The molecular formula is C22H23N5O2. The second-order valence-electron chi connectivity index (χ2n) is 8.00. The number of rotatable bonds is 4. The van der Waals surface area contributed by atoms with E-state index in [1.807, 2.05) is 11.1 Å². The van der Waals surface area contributed by atoms with Gasteiger partial charge in [0.2, 0.25) is 5.91 Å². The zero-order valence-corrected chi connectivity index (χ0v) is 16.2. The second kappa shape index (κ2) is 7.39. The van der Waals surface area contributed by atoms with Crippen molar-refractivity contribution in [3.8, 4) is 0 Å². The average molecular weight is 389 g/mol. The number of pyridine rings is 2. The zero-order chi connectivity index (χ0) is 19.8. The van der Waals surface area contributed by atoms with Gasteiger partial charge >= 0.3 is 0 Å². The Balaban J connectivity index is 1.24. The number of carbonyl (C=O) groups is 1. The summed E-state index contributed by atoms with van der Waals surface area (Å²) in [5, 5.41) is 5.07. The topological polar surface area (TPSA) is 81.0 Å². The first-order chi connectivity index (χ1) is 14.2. The van der Waals surface area contributed by atoms with Crippen LogP contribution in [0.3, 0.4) is 0 Å². The van der Waals surface area contributed by atoms with Crippen molar-refractivity contribution in [2.24, 2.45) is 0 Å². The maximum Gasteiger partial charge on any atom is 0.267 e. The number of nitrogens with zero attached hydrogens (tertiary/aromatic N) is 5. The van der Waals surface area contributed by atoms with E-state index in [1.54, 1.807) is 6.07 Å². The van der Waals surface area contributed by atoms with Crippen LogP contribution in [0.2, 0.25) is 0 Å². The number of amides is 1. The number of piperidine rings is 1. The molecule has 1 aliphatic carbocycles. The van der Waals surface area contributed by atoms with Gasteiger partial charge in [0, 0.05) is 48.5 Å². The summed E-state index contributed by atoms with van der Waals surface area (Å²) < 4.78 is 1.21. The van der Waals surface area contributed by atoms with E-state index < -0.39 is 0 Å². The Kier molecular flexibility index (Phi) is 4.58. The maximum atomic E-state index is 12.5. The predicted octanol–water partition coefficient (Wildman–Crippen LogP) is 2.47. The predicted molar refractivity (Wildman–Crippen MR) is 109 cm³/mol. The highest BCUT2D eigenvalue weighted by Crippen LogP contribution is 2.40. The van der Waals surface area contributed by atoms with Crippen molar-refractivity contribution in [3.63, 3.8) is 0 Å². The Hall–Kier alpha value is -3.09. The number of likely N-dealkylation sites (tertiary alicyclic amines) is 1. The Bertz CT molecular complexity index is 1110. The molecule has 1 saturated heterocycles. The third-order valence-electron chi connectivity index (χ3n) is 5.97. The van der Waals surface area contributed by atoms with Crippen molar-refractivity contribution in [3.05, 3.63) is 64.3 Å². The molecule has 7 nitrogen and oxygen atoms in total. The number of aromatic nitrogens is 4. The van der Waals surface area contributed by atoms with E-state index in [1.165, 1.54) is 35.4 Å². The highest BCUT2D eigenvalue weighted by atomic mass is 16.2. The molecule has 0 spiro atoms. The average Bonchev–Trinajstić information content (AvgIpc) is 3.60. The largest absolute Gasteiger partial charge is 0.341 e. The van der Waals surface area contributed by atoms with Crippen molar-refractivity contribution in [1.29, 1.82) is 0 Å². The number of carbonyl (C=O) groups excluding carboxylic acids is 1. The fourth-order valence-corrected chi connectivity index (χ4v) is 4.07. The van der Waals surface area contributed by atoms with E-state index in [2.05, 4.69) is 28.3 Å². The Morgan fingerprint density at radius 2 is 1.90 bits per heavy atom. The highest BCUT2D eigenvalue weighted by molar-refractivity contribution is 5.76. The molecule has 1 amide bonds. The molecule has 0 unspecified atom stereocenters. The summed E-state index contributed by atoms with van der Waals surface area (Å²) in [6, 6.07) is 9.45. The van der Waals surface area contributed by atoms with Gasteiger partial charge in [-0.1, -0.05) is 0 Å². The van der Waals surface area contributed by atoms with Gasteiger partial charge < -0.3 is 4.90 Å². The summed E-state index contributed by atoms with van der Waals surface area (Å²) in [5.41, 5.74) is 2.93. The third-order valence-corrected chi connectivity index (χ3v) is 5.97. The van der Waals surface area contributed by atoms with Crippen LogP contribution in [0.5, 0.6) is 0 Å². The third kappa shape index (κ3) is 3.77. The van der Waals surface area contributed by atoms with E-state index in [9.17, 15) is 9.59 Å². The van der Waals surface area contributed by atoms with E-state index >= 15 is 0 Å². The van der Waals surface area contributed by atoms with Crippen LogP contribution < -0.4 is 5.56 Å². The molecule has 0 N–H and O–H groups in total. The van der Waals surface area contributed by atoms with Gasteiger partial charge in [0.1, 0.15) is 6.54 Å². The zero-order valence-electron chi connectivity index (χ0n) is 16.2. The van der Waals surface area contributed by atoms with Crippen LogP contribution >= 0.6 is 0 Å². The molecule has 1 aliphatic heterocycles. The SMILES string of the molecule is O=C(Cn1ncccc1=O)N1CCC(c2ccc3cc(C4CC4)cnc3n2)CC1. The van der Waals surface area contributed by atoms with Crippen LogP contribution in [0.15, 0.2) is 47.5 Å². The molecular weight excluding hydrogens is 366 g/mol. The minimum atomic E-state index is -0.256. The van der Waals surface area contributed by atoms with Crippen LogP contribution in [-0.4, -0.2) is 43.6 Å². The molecule has 2 fully saturated rings. The van der Waals surface area contributed by atoms with Crippen LogP contribution in [0.1, 0.15) is 48.8 Å². The van der Waals surface area contributed by atoms with Gasteiger partial charge in [-0.3, -0.25) is 9.59 Å². The quantitative estimate of drug-likeness (QED) is 0.685. The van der Waals surface area contributed by atoms with Gasteiger partial charge in [0.25, 0.3) is 5.56 Å². The lowest BCUT2D eigenvalue weighted by Crippen LogP contribution is -2.41. The van der Waals surface area contributed by atoms with Gasteiger partial charge in [-0.25, -0.2) is 14.6 Å². The van der Waals surface area contributed by atoms with Crippen molar-refractivity contribution in [2.75, 3.05) is 13.1 Å². The molecule has 148 valence electrons. The molecule has 0 bridgehead atoms. The monoisotopic (exact) mass is 389 g/mol. The molecule has 3 aromatic rings. The van der Waals surface area contributed by atoms with Gasteiger partial charge in [0.15, 0.2) is 5.65 Å². The summed E-state index contributed by atoms with van der Waals surface area (Å²) in [6.45, 7) is 1.32. The van der Waals surface area contributed by atoms with Crippen LogP contribution in [-0.2, 0) is 11.3 Å². The van der Waals surface area contributed by atoms with Gasteiger partial charge in [-0.15, -0.1) is 0 Å². The molecule has 0 aromatic carbocycles. The van der Waals surface area contributed by atoms with E-state index in [4.69, 9.17) is 4.98 Å². The van der Waals surface area contributed by atoms with Crippen molar-refractivity contribution >= 4 is 16.9 Å². The van der Waals surface area contributed by atoms with Gasteiger partial charge in [-0.2, -0.15) is 5.10 Å². The van der Waals surface area contributed by atoms with Gasteiger partial charge in [0.05, 0.1) is 0 Å². The molecule has 7 heteroatoms. The summed E-state index contributed by atoms with van der Waals surface area (Å²) in [6.07, 6.45) is 7.75. The van der Waals surface area contributed by atoms with Gasteiger partial charge in [-0.05, 0) is 61.4 Å². The smallest absolute Gasteiger partial charge is 0.267 e. The molecule has 2 aliphatic rings. The van der Waals surface area contributed by atoms with Crippen LogP contribution in [0, 0.1) is 0 Å². The normalized spacial score (nSPS) is 17.6. The Morgan fingerprint density at radius 3 is 2.66 bits per heavy atom. The number of hydrogen-bond donors (Lipinski definition) is 0. The van der Waals surface area contributed by atoms with Crippen molar-refractivity contribution in [2.45, 2.75) is 44.1 Å². The molecule has 4 heterocycles. The second-order valence-corrected chi connectivity index (χ2v) is 8.00. The lowest BCUT2D eigenvalue weighted by atomic mass is 9.92. The summed E-state index contributed by atoms with van der Waals surface area (Å²) in [5.74, 6) is 0.950. The molecule has 5 rings (SSSR count). The fraction of sp³-hybridized carbons (Fsp3) is 0.409. The lowest BCUT2D eigenvalue weighted by Gasteiger charge is -2.31. The molecule has 0 radical (unpaired) electrons. The van der Waals surface area contributed by atoms with Crippen molar-refractivity contribution in [1.82, 2.24) is 24.6 Å². The first-order valence-corrected chi connectivity index (χ1v) is 10.2. The first kappa shape index (κ1) is 18.0. The van der Waals surface area contributed by atoms with Crippen LogP contribution in [0.4, 0.5) is 0 Å². The molecule has 29 heavy (non-hydrogen) atoms. The van der Waals surface area contributed by atoms with E-state index in [-0.39, 0.29) is 18.0 Å². The Labute approximate surface area is 168 Å². The molecule has 1 saturated carbocycles. The molecule has 0 atom stereocenters. The summed E-state index contributed by atoms with van der Waals surface area (Å²) in [4.78, 5) is 35.5. The fourth-order valence-electron chi connectivity index (χ4n) is 4.07. The summed E-state index contributed by atoms with van der Waals surface area (Å²) in [7, 11) is 0. The minimum absolute atomic E-state index is 0.00812. The molecule has 3 aromatic heterocycles. The van der Waals surface area contributed by atoms with Crippen molar-refractivity contribution < 1.29 is 4.79 Å². The van der Waals surface area contributed by atoms with E-state index in [0.717, 1.165) is 29.6 Å². The number of fused-ring (bicyclic) bond motifs is 1. The maximum absolute atomic E-state index is 12.5. The standard InChI is InChI=1S/C22H23N5O2/c28-20-2-1-9-24-27(20)14-21(29)26-10-7-16(8-11-26)19-6-5-17-12-18(15-3-4-15)13-23-22(17)25-19/h1-2,5-6,9,12-13,15-16H,3-4,7-8,10-11,14H2.